The van der Waals surface area contributed by atoms with Gasteiger partial charge in [0.15, 0.2) is 0 Å². The maximum atomic E-state index is 12.3. The van der Waals surface area contributed by atoms with Gasteiger partial charge in [0, 0.05) is 33.4 Å². The summed E-state index contributed by atoms with van der Waals surface area (Å²) < 4.78 is 6.61. The van der Waals surface area contributed by atoms with Crippen LogP contribution in [0.3, 0.4) is 0 Å². The molecular formula is C12H21N3O3. The number of aliphatic hydroxyl groups excluding tert-OH is 1. The normalized spacial score (nSPS) is 10.7. The number of methoxy groups -OCH3 is 1. The quantitative estimate of drug-likeness (QED) is 0.748. The topological polar surface area (TPSA) is 67.6 Å². The van der Waals surface area contributed by atoms with Gasteiger partial charge in [-0.05, 0) is 6.42 Å². The molecule has 0 saturated carbocycles. The molecule has 0 saturated heterocycles. The average molecular weight is 255 g/mol. The van der Waals surface area contributed by atoms with Crippen LogP contribution < -0.4 is 0 Å². The van der Waals surface area contributed by atoms with Crippen LogP contribution in [0.4, 0.5) is 0 Å². The maximum Gasteiger partial charge on any atom is 0.257 e. The highest BCUT2D eigenvalue weighted by atomic mass is 16.5. The molecule has 1 heterocycles. The van der Waals surface area contributed by atoms with Crippen LogP contribution in [0.25, 0.3) is 0 Å². The minimum Gasteiger partial charge on any atom is -0.395 e. The first-order chi connectivity index (χ1) is 8.63. The van der Waals surface area contributed by atoms with Crippen molar-refractivity contribution < 1.29 is 14.6 Å². The minimum absolute atomic E-state index is 0.0584. The molecule has 6 heteroatoms. The van der Waals surface area contributed by atoms with E-state index in [1.54, 1.807) is 29.9 Å². The Kier molecular flexibility index (Phi) is 5.80. The number of amides is 1. The number of aliphatic hydroxyl groups is 1. The van der Waals surface area contributed by atoms with E-state index in [0.29, 0.717) is 31.7 Å². The molecule has 0 fully saturated rings. The number of rotatable bonds is 7. The van der Waals surface area contributed by atoms with E-state index in [1.165, 1.54) is 0 Å². The van der Waals surface area contributed by atoms with E-state index < -0.39 is 0 Å². The van der Waals surface area contributed by atoms with Crippen molar-refractivity contribution in [3.8, 4) is 0 Å². The number of carbonyl (C=O) groups is 1. The molecule has 1 aromatic heterocycles. The predicted octanol–water partition coefficient (Wildman–Crippen LogP) is 0.0634. The number of nitrogens with zero attached hydrogens (tertiary/aromatic N) is 3. The fourth-order valence-electron chi connectivity index (χ4n) is 1.78. The number of aryl methyl sites for hydroxylation is 2. The van der Waals surface area contributed by atoms with E-state index in [1.807, 2.05) is 6.92 Å². The monoisotopic (exact) mass is 255 g/mol. The second-order valence-electron chi connectivity index (χ2n) is 4.03. The highest BCUT2D eigenvalue weighted by Gasteiger charge is 2.20. The molecule has 0 radical (unpaired) electrons. The highest BCUT2D eigenvalue weighted by Crippen LogP contribution is 2.10. The summed E-state index contributed by atoms with van der Waals surface area (Å²) in [5.74, 6) is -0.106. The Hall–Kier alpha value is -1.40. The Labute approximate surface area is 107 Å². The molecule has 0 atom stereocenters. The zero-order valence-electron chi connectivity index (χ0n) is 11.2. The molecule has 18 heavy (non-hydrogen) atoms. The molecule has 0 unspecified atom stereocenters. The smallest absolute Gasteiger partial charge is 0.257 e. The molecule has 1 rings (SSSR count). The summed E-state index contributed by atoms with van der Waals surface area (Å²) in [6.07, 6.45) is 2.43. The van der Waals surface area contributed by atoms with Crippen LogP contribution in [0.1, 0.15) is 23.0 Å². The summed E-state index contributed by atoms with van der Waals surface area (Å²) in [4.78, 5) is 13.9. The van der Waals surface area contributed by atoms with E-state index in [2.05, 4.69) is 5.10 Å². The fraction of sp³-hybridized carbons (Fsp3) is 0.667. The van der Waals surface area contributed by atoms with Gasteiger partial charge in [-0.2, -0.15) is 5.10 Å². The van der Waals surface area contributed by atoms with Crippen LogP contribution in [0.15, 0.2) is 6.20 Å². The first kappa shape index (κ1) is 14.7. The van der Waals surface area contributed by atoms with Crippen LogP contribution in [0, 0.1) is 0 Å². The molecule has 1 N–H and O–H groups in total. The van der Waals surface area contributed by atoms with Gasteiger partial charge < -0.3 is 14.7 Å². The van der Waals surface area contributed by atoms with Crippen molar-refractivity contribution in [1.29, 1.82) is 0 Å². The van der Waals surface area contributed by atoms with E-state index in [4.69, 9.17) is 9.84 Å². The Balaban J connectivity index is 2.86. The highest BCUT2D eigenvalue weighted by molar-refractivity contribution is 5.95. The van der Waals surface area contributed by atoms with E-state index >= 15 is 0 Å². The summed E-state index contributed by atoms with van der Waals surface area (Å²) in [6, 6.07) is 0. The van der Waals surface area contributed by atoms with Crippen molar-refractivity contribution >= 4 is 5.91 Å². The third-order valence-corrected chi connectivity index (χ3v) is 2.69. The molecule has 0 aliphatic heterocycles. The third-order valence-electron chi connectivity index (χ3n) is 2.69. The van der Waals surface area contributed by atoms with Gasteiger partial charge in [0.05, 0.1) is 24.5 Å². The lowest BCUT2D eigenvalue weighted by Gasteiger charge is -2.21. The third kappa shape index (κ3) is 3.54. The second kappa shape index (κ2) is 7.13. The number of hydrogen-bond donors (Lipinski definition) is 1. The molecule has 0 spiro atoms. The molecule has 6 nitrogen and oxygen atoms in total. The SMILES string of the molecule is CCc1nn(C)cc1C(=O)N(CCO)CCOC. The summed E-state index contributed by atoms with van der Waals surface area (Å²) in [6.45, 7) is 3.13. The Bertz CT molecular complexity index is 390. The molecular weight excluding hydrogens is 234 g/mol. The molecule has 102 valence electrons. The number of carbonyl (C=O) groups excluding carboxylic acids is 1. The summed E-state index contributed by atoms with van der Waals surface area (Å²) >= 11 is 0. The van der Waals surface area contributed by atoms with E-state index in [0.717, 1.165) is 5.69 Å². The van der Waals surface area contributed by atoms with Gasteiger partial charge in [0.2, 0.25) is 0 Å². The summed E-state index contributed by atoms with van der Waals surface area (Å²) in [7, 11) is 3.38. The zero-order valence-corrected chi connectivity index (χ0v) is 11.2. The van der Waals surface area contributed by atoms with Crippen molar-refractivity contribution in [2.45, 2.75) is 13.3 Å². The summed E-state index contributed by atoms with van der Waals surface area (Å²) in [5.41, 5.74) is 1.38. The van der Waals surface area contributed by atoms with Crippen molar-refractivity contribution in [3.63, 3.8) is 0 Å². The van der Waals surface area contributed by atoms with Crippen molar-refractivity contribution in [1.82, 2.24) is 14.7 Å². The van der Waals surface area contributed by atoms with Crippen LogP contribution >= 0.6 is 0 Å². The minimum atomic E-state index is -0.106. The Morgan fingerprint density at radius 1 is 1.56 bits per heavy atom. The van der Waals surface area contributed by atoms with Crippen LogP contribution in [-0.2, 0) is 18.2 Å². The lowest BCUT2D eigenvalue weighted by atomic mass is 10.2. The van der Waals surface area contributed by atoms with Gasteiger partial charge in [-0.15, -0.1) is 0 Å². The summed E-state index contributed by atoms with van der Waals surface area (Å²) in [5, 5.41) is 13.3. The maximum absolute atomic E-state index is 12.3. The first-order valence-corrected chi connectivity index (χ1v) is 6.05. The number of hydrogen-bond acceptors (Lipinski definition) is 4. The van der Waals surface area contributed by atoms with Crippen molar-refractivity contribution in [2.75, 3.05) is 33.4 Å². The molecule has 0 aliphatic rings. The lowest BCUT2D eigenvalue weighted by molar-refractivity contribution is 0.0655. The number of ether oxygens (including phenoxy) is 1. The largest absolute Gasteiger partial charge is 0.395 e. The van der Waals surface area contributed by atoms with Gasteiger partial charge in [0.1, 0.15) is 0 Å². The standard InChI is InChI=1S/C12H21N3O3/c1-4-11-10(9-14(2)13-11)12(17)15(5-7-16)6-8-18-3/h9,16H,4-8H2,1-3H3. The lowest BCUT2D eigenvalue weighted by Crippen LogP contribution is -2.36. The van der Waals surface area contributed by atoms with Gasteiger partial charge in [-0.25, -0.2) is 0 Å². The second-order valence-corrected chi connectivity index (χ2v) is 4.03. The van der Waals surface area contributed by atoms with E-state index in [9.17, 15) is 4.79 Å². The molecule has 0 aromatic carbocycles. The van der Waals surface area contributed by atoms with Gasteiger partial charge in [0.25, 0.3) is 5.91 Å². The average Bonchev–Trinajstić information content (AvgIpc) is 2.75. The van der Waals surface area contributed by atoms with Gasteiger partial charge in [-0.1, -0.05) is 6.92 Å². The Morgan fingerprint density at radius 3 is 2.83 bits per heavy atom. The van der Waals surface area contributed by atoms with Gasteiger partial charge in [-0.3, -0.25) is 9.48 Å². The fourth-order valence-corrected chi connectivity index (χ4v) is 1.78. The first-order valence-electron chi connectivity index (χ1n) is 6.05. The predicted molar refractivity (Wildman–Crippen MR) is 67.5 cm³/mol. The van der Waals surface area contributed by atoms with Gasteiger partial charge >= 0.3 is 0 Å². The Morgan fingerprint density at radius 2 is 2.28 bits per heavy atom. The van der Waals surface area contributed by atoms with Crippen molar-refractivity contribution in [3.05, 3.63) is 17.5 Å². The van der Waals surface area contributed by atoms with E-state index in [-0.39, 0.29) is 12.5 Å². The molecule has 0 aliphatic carbocycles. The zero-order chi connectivity index (χ0) is 13.5. The number of aromatic nitrogens is 2. The van der Waals surface area contributed by atoms with Crippen LogP contribution in [0.5, 0.6) is 0 Å². The van der Waals surface area contributed by atoms with Crippen LogP contribution in [0.2, 0.25) is 0 Å². The van der Waals surface area contributed by atoms with Crippen LogP contribution in [-0.4, -0.2) is 59.1 Å². The molecule has 1 amide bonds. The van der Waals surface area contributed by atoms with Crippen molar-refractivity contribution in [2.24, 2.45) is 7.05 Å². The molecule has 0 bridgehead atoms. The molecule has 1 aromatic rings.